The molecule has 0 heterocycles. The molecule has 0 aromatic heterocycles. The van der Waals surface area contributed by atoms with Crippen molar-refractivity contribution in [2.75, 3.05) is 37.1 Å². The smallest absolute Gasteiger partial charge is 0.306 e. The Morgan fingerprint density at radius 1 is 0.310 bits per heavy atom. The Morgan fingerprint density at radius 2 is 0.500 bits per heavy atom. The topological polar surface area (TPSA) is 78.9 Å². The molecule has 0 aliphatic rings. The third kappa shape index (κ3) is 46.9. The Bertz CT molecular complexity index is 773. The standard InChI is InChI=1S/C48H93O6PS3/c1-4-7-10-13-16-19-22-25-28-31-34-40-52-46(49)37-43-56-55(57-44-38-47(50)53-41-35-32-29-26-23-20-17-14-11-8-5-2)58-45-39-48(51)54-42-36-33-30-27-24-21-18-15-12-9-6-3/h4-45H2,1-3H3. The molecule has 344 valence electrons. The molecule has 0 spiro atoms. The van der Waals surface area contributed by atoms with Crippen molar-refractivity contribution in [3.63, 3.8) is 0 Å². The van der Waals surface area contributed by atoms with Gasteiger partial charge in [-0.1, -0.05) is 213 Å². The molecular weight excluding hydrogens is 800 g/mol. The third-order valence-electron chi connectivity index (χ3n) is 10.5. The lowest BCUT2D eigenvalue weighted by Crippen LogP contribution is -2.07. The van der Waals surface area contributed by atoms with Crippen molar-refractivity contribution < 1.29 is 28.6 Å². The predicted octanol–water partition coefficient (Wildman–Crippen LogP) is 17.1. The summed E-state index contributed by atoms with van der Waals surface area (Å²) in [6.45, 7) is 8.34. The van der Waals surface area contributed by atoms with Crippen LogP contribution in [0.1, 0.15) is 252 Å². The normalized spacial score (nSPS) is 11.4. The van der Waals surface area contributed by atoms with Crippen LogP contribution in [0.15, 0.2) is 0 Å². The van der Waals surface area contributed by atoms with Gasteiger partial charge in [-0.15, -0.1) is 34.1 Å². The number of unbranched alkanes of at least 4 members (excludes halogenated alkanes) is 30. The summed E-state index contributed by atoms with van der Waals surface area (Å²) in [6, 6.07) is 0. The lowest BCUT2D eigenvalue weighted by Gasteiger charge is -2.15. The van der Waals surface area contributed by atoms with Crippen LogP contribution in [-0.4, -0.2) is 55.0 Å². The van der Waals surface area contributed by atoms with Gasteiger partial charge < -0.3 is 14.2 Å². The van der Waals surface area contributed by atoms with Gasteiger partial charge in [0.1, 0.15) is 0 Å². The maximum atomic E-state index is 12.5. The predicted molar refractivity (Wildman–Crippen MR) is 260 cm³/mol. The molecule has 58 heavy (non-hydrogen) atoms. The minimum Gasteiger partial charge on any atom is -0.466 e. The van der Waals surface area contributed by atoms with Crippen molar-refractivity contribution in [3.05, 3.63) is 0 Å². The van der Waals surface area contributed by atoms with E-state index in [4.69, 9.17) is 14.2 Å². The largest absolute Gasteiger partial charge is 0.466 e. The zero-order valence-corrected chi connectivity index (χ0v) is 41.7. The van der Waals surface area contributed by atoms with E-state index in [1.165, 1.54) is 173 Å². The molecule has 6 nitrogen and oxygen atoms in total. The molecule has 0 aliphatic heterocycles. The van der Waals surface area contributed by atoms with Gasteiger partial charge in [-0.25, -0.2) is 0 Å². The van der Waals surface area contributed by atoms with Crippen LogP contribution in [0.5, 0.6) is 0 Å². The minimum absolute atomic E-state index is 0.124. The fraction of sp³-hybridized carbons (Fsp3) is 0.938. The van der Waals surface area contributed by atoms with Crippen LogP contribution in [0.4, 0.5) is 0 Å². The zero-order chi connectivity index (χ0) is 42.3. The van der Waals surface area contributed by atoms with E-state index in [1.54, 1.807) is 34.1 Å². The quantitative estimate of drug-likeness (QED) is 0.0257. The SMILES string of the molecule is CCCCCCCCCCCCCOC(=O)CCSP(SCCC(=O)OCCCCCCCCCCCCC)SCCC(=O)OCCCCCCCCCCCCC. The second-order valence-corrected chi connectivity index (χ2v) is 26.4. The van der Waals surface area contributed by atoms with Crippen molar-refractivity contribution in [1.82, 2.24) is 0 Å². The van der Waals surface area contributed by atoms with E-state index in [9.17, 15) is 14.4 Å². The zero-order valence-electron chi connectivity index (χ0n) is 38.3. The van der Waals surface area contributed by atoms with Crippen molar-refractivity contribution in [2.45, 2.75) is 252 Å². The highest BCUT2D eigenvalue weighted by molar-refractivity contribution is 9.12. The monoisotopic (exact) mass is 893 g/mol. The maximum absolute atomic E-state index is 12.5. The molecule has 0 N–H and O–H groups in total. The molecule has 0 aromatic rings. The van der Waals surface area contributed by atoms with Crippen molar-refractivity contribution in [3.8, 4) is 0 Å². The first-order valence-electron chi connectivity index (χ1n) is 24.7. The van der Waals surface area contributed by atoms with Crippen molar-refractivity contribution in [2.24, 2.45) is 0 Å². The number of ether oxygens (including phenoxy) is 3. The van der Waals surface area contributed by atoms with Gasteiger partial charge >= 0.3 is 17.9 Å². The van der Waals surface area contributed by atoms with E-state index in [0.717, 1.165) is 38.5 Å². The van der Waals surface area contributed by atoms with Gasteiger partial charge in [0.25, 0.3) is 0 Å². The molecule has 0 aliphatic carbocycles. The average molecular weight is 893 g/mol. The van der Waals surface area contributed by atoms with E-state index < -0.39 is 5.53 Å². The number of carbonyl (C=O) groups excluding carboxylic acids is 3. The summed E-state index contributed by atoms with van der Waals surface area (Å²) < 4.78 is 16.6. The Balaban J connectivity index is 4.28. The van der Waals surface area contributed by atoms with Crippen LogP contribution in [0.3, 0.4) is 0 Å². The highest BCUT2D eigenvalue weighted by Gasteiger charge is 2.16. The fourth-order valence-electron chi connectivity index (χ4n) is 6.80. The summed E-state index contributed by atoms with van der Waals surface area (Å²) in [6.07, 6.45) is 43.3. The fourth-order valence-corrected chi connectivity index (χ4v) is 17.1. The van der Waals surface area contributed by atoms with Gasteiger partial charge in [0.05, 0.1) is 44.6 Å². The van der Waals surface area contributed by atoms with Crippen molar-refractivity contribution in [1.29, 1.82) is 0 Å². The second kappa shape index (κ2) is 49.5. The minimum atomic E-state index is -0.619. The molecule has 0 bridgehead atoms. The van der Waals surface area contributed by atoms with Gasteiger partial charge in [-0.05, 0) is 19.3 Å². The van der Waals surface area contributed by atoms with Crippen LogP contribution < -0.4 is 0 Å². The molecule has 0 saturated heterocycles. The summed E-state index contributed by atoms with van der Waals surface area (Å²) in [5.74, 6) is 1.70. The summed E-state index contributed by atoms with van der Waals surface area (Å²) in [4.78, 5) is 37.4. The number of hydrogen-bond acceptors (Lipinski definition) is 9. The Kier molecular flexibility index (Phi) is 49.5. The summed E-state index contributed by atoms with van der Waals surface area (Å²) in [7, 11) is 0. The van der Waals surface area contributed by atoms with E-state index in [2.05, 4.69) is 20.8 Å². The van der Waals surface area contributed by atoms with Gasteiger partial charge in [0, 0.05) is 17.3 Å². The number of rotatable bonds is 48. The highest BCUT2D eigenvalue weighted by atomic mass is 33.4. The van der Waals surface area contributed by atoms with Crippen LogP contribution in [0.25, 0.3) is 0 Å². The molecular formula is C48H93O6PS3. The molecule has 0 unspecified atom stereocenters. The van der Waals surface area contributed by atoms with E-state index in [0.29, 0.717) is 56.3 Å². The Hall–Kier alpha value is -0.110. The average Bonchev–Trinajstić information content (AvgIpc) is 3.21. The number of esters is 3. The summed E-state index contributed by atoms with van der Waals surface area (Å²) >= 11 is 5.32. The van der Waals surface area contributed by atoms with Gasteiger partial charge in [-0.3, -0.25) is 14.4 Å². The molecule has 0 fully saturated rings. The Labute approximate surface area is 373 Å². The third-order valence-corrected chi connectivity index (χ3v) is 21.6. The van der Waals surface area contributed by atoms with E-state index in [1.807, 2.05) is 0 Å². The number of hydrogen-bond donors (Lipinski definition) is 0. The molecule has 0 saturated carbocycles. The van der Waals surface area contributed by atoms with Crippen LogP contribution in [-0.2, 0) is 28.6 Å². The summed E-state index contributed by atoms with van der Waals surface area (Å²) in [5, 5.41) is 0. The first kappa shape index (κ1) is 57.9. The maximum Gasteiger partial charge on any atom is 0.306 e. The molecule has 0 amide bonds. The Morgan fingerprint density at radius 3 is 0.707 bits per heavy atom. The van der Waals surface area contributed by atoms with Gasteiger partial charge in [0.15, 0.2) is 0 Å². The first-order valence-corrected chi connectivity index (χ1v) is 30.8. The summed E-state index contributed by atoms with van der Waals surface area (Å²) in [5.41, 5.74) is -0.619. The van der Waals surface area contributed by atoms with Crippen LogP contribution in [0, 0.1) is 0 Å². The molecule has 0 rings (SSSR count). The molecule has 0 aromatic carbocycles. The van der Waals surface area contributed by atoms with Gasteiger partial charge in [0.2, 0.25) is 0 Å². The molecule has 0 atom stereocenters. The number of carbonyl (C=O) groups is 3. The lowest BCUT2D eigenvalue weighted by molar-refractivity contribution is -0.144. The molecule has 10 heteroatoms. The molecule has 0 radical (unpaired) electrons. The first-order chi connectivity index (χ1) is 28.5. The lowest BCUT2D eigenvalue weighted by atomic mass is 10.1. The highest BCUT2D eigenvalue weighted by Crippen LogP contribution is 2.70. The van der Waals surface area contributed by atoms with Crippen molar-refractivity contribution >= 4 is 57.6 Å². The van der Waals surface area contributed by atoms with Gasteiger partial charge in [-0.2, -0.15) is 0 Å². The van der Waals surface area contributed by atoms with Crippen LogP contribution in [0.2, 0.25) is 0 Å². The van der Waals surface area contributed by atoms with E-state index in [-0.39, 0.29) is 17.9 Å². The van der Waals surface area contributed by atoms with E-state index >= 15 is 0 Å². The second-order valence-electron chi connectivity index (χ2n) is 16.2. The van der Waals surface area contributed by atoms with Crippen LogP contribution >= 0.6 is 39.7 Å².